The van der Waals surface area contributed by atoms with E-state index in [0.717, 1.165) is 24.1 Å². The fourth-order valence-electron chi connectivity index (χ4n) is 4.46. The van der Waals surface area contributed by atoms with Gasteiger partial charge in [0.2, 0.25) is 5.91 Å². The maximum Gasteiger partial charge on any atom is 0.252 e. The van der Waals surface area contributed by atoms with Gasteiger partial charge >= 0.3 is 0 Å². The summed E-state index contributed by atoms with van der Waals surface area (Å²) < 4.78 is 27.2. The summed E-state index contributed by atoms with van der Waals surface area (Å²) in [7, 11) is -3.45. The average Bonchev–Trinajstić information content (AvgIpc) is 3.52. The molecule has 0 unspecified atom stereocenters. The minimum atomic E-state index is -3.45. The number of benzene rings is 1. The summed E-state index contributed by atoms with van der Waals surface area (Å²) in [5, 5.41) is 7.29. The Balaban J connectivity index is 1.20. The van der Waals surface area contributed by atoms with Crippen LogP contribution >= 0.6 is 22.7 Å². The highest BCUT2D eigenvalue weighted by atomic mass is 32.2. The van der Waals surface area contributed by atoms with E-state index >= 15 is 0 Å². The van der Waals surface area contributed by atoms with Gasteiger partial charge in [0, 0.05) is 30.0 Å². The number of aryl methyl sites for hydroxylation is 2. The molecule has 1 saturated heterocycles. The van der Waals surface area contributed by atoms with E-state index in [0.29, 0.717) is 35.3 Å². The molecular weight excluding hydrogens is 462 g/mol. The first-order valence-electron chi connectivity index (χ1n) is 10.9. The Morgan fingerprint density at radius 1 is 1.06 bits per heavy atom. The minimum absolute atomic E-state index is 0.0792. The molecule has 1 amide bonds. The van der Waals surface area contributed by atoms with Gasteiger partial charge in [-0.15, -0.1) is 22.7 Å². The monoisotopic (exact) mass is 487 g/mol. The van der Waals surface area contributed by atoms with Crippen LogP contribution in [0.25, 0.3) is 11.3 Å². The lowest BCUT2D eigenvalue weighted by molar-refractivity contribution is -0.120. The molecule has 6 nitrogen and oxygen atoms in total. The number of amides is 1. The highest BCUT2D eigenvalue weighted by Gasteiger charge is 2.32. The number of thiazole rings is 1. The molecule has 1 aromatic carbocycles. The van der Waals surface area contributed by atoms with Gasteiger partial charge in [-0.25, -0.2) is 13.4 Å². The van der Waals surface area contributed by atoms with E-state index in [-0.39, 0.29) is 11.8 Å². The molecule has 32 heavy (non-hydrogen) atoms. The third-order valence-corrected chi connectivity index (χ3v) is 10.3. The maximum absolute atomic E-state index is 12.8. The van der Waals surface area contributed by atoms with E-state index < -0.39 is 10.0 Å². The zero-order valence-electron chi connectivity index (χ0n) is 17.6. The second-order valence-corrected chi connectivity index (χ2v) is 12.3. The van der Waals surface area contributed by atoms with Crippen molar-refractivity contribution in [2.24, 2.45) is 5.92 Å². The van der Waals surface area contributed by atoms with Crippen LogP contribution in [-0.2, 0) is 27.7 Å². The van der Waals surface area contributed by atoms with Crippen LogP contribution in [-0.4, -0.2) is 36.7 Å². The van der Waals surface area contributed by atoms with Crippen molar-refractivity contribution in [3.8, 4) is 11.3 Å². The highest BCUT2D eigenvalue weighted by Crippen LogP contribution is 2.31. The van der Waals surface area contributed by atoms with E-state index in [9.17, 15) is 13.2 Å². The van der Waals surface area contributed by atoms with E-state index in [1.807, 2.05) is 5.38 Å². The van der Waals surface area contributed by atoms with Crippen molar-refractivity contribution in [1.29, 1.82) is 0 Å². The van der Waals surface area contributed by atoms with E-state index in [1.165, 1.54) is 50.9 Å². The summed E-state index contributed by atoms with van der Waals surface area (Å²) in [6.45, 7) is 0.715. The normalized spacial score (nSPS) is 17.8. The van der Waals surface area contributed by atoms with Gasteiger partial charge in [0.1, 0.15) is 4.21 Å². The number of anilines is 1. The fraction of sp³-hybridized carbons (Fsp3) is 0.391. The number of piperidine rings is 1. The summed E-state index contributed by atoms with van der Waals surface area (Å²) in [4.78, 5) is 17.4. The van der Waals surface area contributed by atoms with Crippen LogP contribution < -0.4 is 5.32 Å². The molecule has 0 radical (unpaired) electrons. The second kappa shape index (κ2) is 9.05. The summed E-state index contributed by atoms with van der Waals surface area (Å²) in [6, 6.07) is 9.93. The molecule has 168 valence electrons. The van der Waals surface area contributed by atoms with Gasteiger partial charge in [-0.3, -0.25) is 4.79 Å². The lowest BCUT2D eigenvalue weighted by Gasteiger charge is -2.29. The molecule has 2 aliphatic rings. The molecule has 1 aliphatic carbocycles. The van der Waals surface area contributed by atoms with Crippen LogP contribution in [0.5, 0.6) is 0 Å². The van der Waals surface area contributed by atoms with Crippen molar-refractivity contribution in [2.45, 2.75) is 42.7 Å². The van der Waals surface area contributed by atoms with E-state index in [2.05, 4.69) is 28.5 Å². The lowest BCUT2D eigenvalue weighted by Crippen LogP contribution is -2.41. The van der Waals surface area contributed by atoms with Crippen molar-refractivity contribution in [2.75, 3.05) is 18.4 Å². The number of rotatable bonds is 5. The van der Waals surface area contributed by atoms with Gasteiger partial charge in [0.15, 0.2) is 5.13 Å². The van der Waals surface area contributed by atoms with Gasteiger partial charge in [-0.05, 0) is 67.2 Å². The number of hydrogen-bond acceptors (Lipinski definition) is 6. The van der Waals surface area contributed by atoms with Gasteiger partial charge in [0.05, 0.1) is 5.69 Å². The minimum Gasteiger partial charge on any atom is -0.302 e. The Kier molecular flexibility index (Phi) is 6.16. The Morgan fingerprint density at radius 3 is 2.59 bits per heavy atom. The Bertz CT molecular complexity index is 1210. The number of hydrogen-bond donors (Lipinski definition) is 1. The van der Waals surface area contributed by atoms with Crippen LogP contribution in [0.2, 0.25) is 0 Å². The molecule has 0 spiro atoms. The van der Waals surface area contributed by atoms with Crippen molar-refractivity contribution < 1.29 is 13.2 Å². The van der Waals surface area contributed by atoms with E-state index in [1.54, 1.807) is 17.5 Å². The molecular formula is C23H25N3O3S3. The SMILES string of the molecule is O=C(Nc1nc(-c2ccc3c(c2)CCCC3)cs1)C1CCN(S(=O)(=O)c2cccs2)CC1. The molecule has 2 aromatic heterocycles. The zero-order valence-corrected chi connectivity index (χ0v) is 20.1. The molecule has 1 N–H and O–H groups in total. The average molecular weight is 488 g/mol. The smallest absolute Gasteiger partial charge is 0.252 e. The Morgan fingerprint density at radius 2 is 1.84 bits per heavy atom. The number of nitrogens with zero attached hydrogens (tertiary/aromatic N) is 2. The first-order chi connectivity index (χ1) is 15.5. The summed E-state index contributed by atoms with van der Waals surface area (Å²) in [6.07, 6.45) is 5.80. The first kappa shape index (κ1) is 21.8. The van der Waals surface area contributed by atoms with Gasteiger partial charge in [-0.2, -0.15) is 4.31 Å². The number of fused-ring (bicyclic) bond motifs is 1. The Labute approximate surface area is 196 Å². The number of thiophene rings is 1. The molecule has 3 heterocycles. The Hall–Kier alpha value is -2.07. The van der Waals surface area contributed by atoms with Crippen molar-refractivity contribution in [3.05, 3.63) is 52.2 Å². The quantitative estimate of drug-likeness (QED) is 0.561. The van der Waals surface area contributed by atoms with Crippen LogP contribution in [0.4, 0.5) is 5.13 Å². The molecule has 3 aromatic rings. The second-order valence-electron chi connectivity index (χ2n) is 8.33. The molecule has 0 bridgehead atoms. The number of nitrogens with one attached hydrogen (secondary N) is 1. The topological polar surface area (TPSA) is 79.4 Å². The van der Waals surface area contributed by atoms with Crippen molar-refractivity contribution in [1.82, 2.24) is 9.29 Å². The van der Waals surface area contributed by atoms with Crippen LogP contribution in [0.1, 0.15) is 36.8 Å². The van der Waals surface area contributed by atoms with Gasteiger partial charge in [-0.1, -0.05) is 18.2 Å². The summed E-state index contributed by atoms with van der Waals surface area (Å²) >= 11 is 2.65. The predicted molar refractivity (Wildman–Crippen MR) is 129 cm³/mol. The van der Waals surface area contributed by atoms with Crippen molar-refractivity contribution in [3.63, 3.8) is 0 Å². The standard InChI is InChI=1S/C23H25N3O3S3/c27-22(17-9-11-26(12-10-17)32(28,29)21-6-3-13-30-21)25-23-24-20(15-31-23)19-8-7-16-4-1-2-5-18(16)14-19/h3,6-8,13-15,17H,1-2,4-5,9-12H2,(H,24,25,27). The molecule has 0 saturated carbocycles. The molecule has 0 atom stereocenters. The van der Waals surface area contributed by atoms with E-state index in [4.69, 9.17) is 0 Å². The molecule has 5 rings (SSSR count). The van der Waals surface area contributed by atoms with Crippen LogP contribution in [0.3, 0.4) is 0 Å². The zero-order chi connectivity index (χ0) is 22.1. The summed E-state index contributed by atoms with van der Waals surface area (Å²) in [5.74, 6) is -0.287. The lowest BCUT2D eigenvalue weighted by atomic mass is 9.90. The number of carbonyl (C=O) groups is 1. The van der Waals surface area contributed by atoms with Crippen LogP contribution in [0.15, 0.2) is 45.3 Å². The fourth-order valence-corrected chi connectivity index (χ4v) is 7.80. The third kappa shape index (κ3) is 4.39. The molecule has 1 aliphatic heterocycles. The first-order valence-corrected chi connectivity index (χ1v) is 14.1. The summed E-state index contributed by atoms with van der Waals surface area (Å²) in [5.41, 5.74) is 4.83. The number of sulfonamides is 1. The van der Waals surface area contributed by atoms with Gasteiger partial charge in [0.25, 0.3) is 10.0 Å². The van der Waals surface area contributed by atoms with Gasteiger partial charge < -0.3 is 5.32 Å². The number of carbonyl (C=O) groups excluding carboxylic acids is 1. The molecule has 1 fully saturated rings. The highest BCUT2D eigenvalue weighted by molar-refractivity contribution is 7.91. The predicted octanol–water partition coefficient (Wildman–Crippen LogP) is 4.79. The molecule has 9 heteroatoms. The van der Waals surface area contributed by atoms with Crippen LogP contribution in [0, 0.1) is 5.92 Å². The largest absolute Gasteiger partial charge is 0.302 e. The van der Waals surface area contributed by atoms with Crippen molar-refractivity contribution >= 4 is 43.7 Å². The number of aromatic nitrogens is 1. The third-order valence-electron chi connectivity index (χ3n) is 6.29. The maximum atomic E-state index is 12.8.